The first-order chi connectivity index (χ1) is 9.93. The van der Waals surface area contributed by atoms with Crippen LogP contribution in [0.25, 0.3) is 0 Å². The Morgan fingerprint density at radius 2 is 1.76 bits per heavy atom. The van der Waals surface area contributed by atoms with E-state index < -0.39 is 10.0 Å². The molecule has 21 heavy (non-hydrogen) atoms. The quantitative estimate of drug-likeness (QED) is 0.698. The van der Waals surface area contributed by atoms with E-state index in [4.69, 9.17) is 0 Å². The van der Waals surface area contributed by atoms with Crippen molar-refractivity contribution in [1.82, 2.24) is 9.62 Å². The molecule has 0 saturated heterocycles. The van der Waals surface area contributed by atoms with Crippen LogP contribution in [-0.2, 0) is 14.8 Å². The molecule has 0 bridgehead atoms. The zero-order valence-corrected chi connectivity index (χ0v) is 14.3. The normalized spacial score (nSPS) is 17.7. The summed E-state index contributed by atoms with van der Waals surface area (Å²) in [5.74, 6) is -0.0213. The second kappa shape index (κ2) is 9.41. The third-order valence-electron chi connectivity index (χ3n) is 4.04. The van der Waals surface area contributed by atoms with Crippen LogP contribution in [0.2, 0.25) is 0 Å². The molecule has 0 radical (unpaired) electrons. The average molecular weight is 318 g/mol. The van der Waals surface area contributed by atoms with Gasteiger partial charge < -0.3 is 5.32 Å². The largest absolute Gasteiger partial charge is 0.353 e. The summed E-state index contributed by atoms with van der Waals surface area (Å²) < 4.78 is 24.8. The molecule has 1 aliphatic carbocycles. The Balaban J connectivity index is 2.38. The number of unbranched alkanes of at least 4 members (excludes halogenated alkanes) is 1. The van der Waals surface area contributed by atoms with E-state index in [1.165, 1.54) is 36.2 Å². The molecule has 1 fully saturated rings. The van der Waals surface area contributed by atoms with E-state index >= 15 is 0 Å². The van der Waals surface area contributed by atoms with Gasteiger partial charge in [-0.1, -0.05) is 39.0 Å². The van der Waals surface area contributed by atoms with Crippen molar-refractivity contribution in [1.29, 1.82) is 0 Å². The summed E-state index contributed by atoms with van der Waals surface area (Å²) in [6.45, 7) is 2.82. The highest BCUT2D eigenvalue weighted by Crippen LogP contribution is 2.17. The van der Waals surface area contributed by atoms with Gasteiger partial charge in [0, 0.05) is 25.6 Å². The van der Waals surface area contributed by atoms with Crippen molar-refractivity contribution in [3.63, 3.8) is 0 Å². The molecule has 0 unspecified atom stereocenters. The van der Waals surface area contributed by atoms with Crippen LogP contribution in [0.15, 0.2) is 0 Å². The first kappa shape index (κ1) is 18.4. The molecule has 0 aromatic carbocycles. The highest BCUT2D eigenvalue weighted by atomic mass is 32.2. The van der Waals surface area contributed by atoms with Crippen LogP contribution in [0.3, 0.4) is 0 Å². The minimum Gasteiger partial charge on any atom is -0.353 e. The second-order valence-electron chi connectivity index (χ2n) is 6.02. The van der Waals surface area contributed by atoms with E-state index in [0.717, 1.165) is 25.7 Å². The van der Waals surface area contributed by atoms with Crippen molar-refractivity contribution >= 4 is 15.9 Å². The molecular formula is C15H30N2O3S. The summed E-state index contributed by atoms with van der Waals surface area (Å²) in [5.41, 5.74) is 0. The minimum absolute atomic E-state index is 0.0213. The smallest absolute Gasteiger partial charge is 0.221 e. The lowest BCUT2D eigenvalue weighted by Crippen LogP contribution is -2.38. The summed E-state index contributed by atoms with van der Waals surface area (Å²) >= 11 is 0. The van der Waals surface area contributed by atoms with Crippen molar-refractivity contribution < 1.29 is 13.2 Å². The van der Waals surface area contributed by atoms with Crippen molar-refractivity contribution in [3.05, 3.63) is 0 Å². The van der Waals surface area contributed by atoms with Crippen molar-refractivity contribution in [2.75, 3.05) is 19.3 Å². The number of sulfonamides is 1. The highest BCUT2D eigenvalue weighted by Gasteiger charge is 2.19. The molecule has 1 saturated carbocycles. The fourth-order valence-electron chi connectivity index (χ4n) is 2.73. The van der Waals surface area contributed by atoms with E-state index in [1.807, 2.05) is 6.92 Å². The van der Waals surface area contributed by atoms with Crippen molar-refractivity contribution in [3.8, 4) is 0 Å². The van der Waals surface area contributed by atoms with Gasteiger partial charge in [-0.15, -0.1) is 0 Å². The second-order valence-corrected chi connectivity index (χ2v) is 8.00. The van der Waals surface area contributed by atoms with Gasteiger partial charge in [-0.25, -0.2) is 12.7 Å². The maximum atomic E-state index is 12.0. The molecule has 5 nitrogen and oxygen atoms in total. The number of nitrogens with zero attached hydrogens (tertiary/aromatic N) is 1. The highest BCUT2D eigenvalue weighted by molar-refractivity contribution is 7.88. The van der Waals surface area contributed by atoms with Gasteiger partial charge in [-0.3, -0.25) is 4.79 Å². The van der Waals surface area contributed by atoms with Crippen LogP contribution in [-0.4, -0.2) is 44.0 Å². The summed E-state index contributed by atoms with van der Waals surface area (Å²) in [6.07, 6.45) is 10.2. The molecule has 1 N–H and O–H groups in total. The molecule has 1 amide bonds. The number of rotatable bonds is 8. The average Bonchev–Trinajstić information content (AvgIpc) is 2.65. The van der Waals surface area contributed by atoms with E-state index in [2.05, 4.69) is 5.32 Å². The molecular weight excluding hydrogens is 288 g/mol. The Morgan fingerprint density at radius 1 is 1.14 bits per heavy atom. The maximum absolute atomic E-state index is 12.0. The van der Waals surface area contributed by atoms with E-state index in [0.29, 0.717) is 6.54 Å². The topological polar surface area (TPSA) is 66.5 Å². The predicted molar refractivity (Wildman–Crippen MR) is 85.6 cm³/mol. The number of carbonyl (C=O) groups is 1. The molecule has 0 atom stereocenters. The molecule has 0 spiro atoms. The van der Waals surface area contributed by atoms with Crippen LogP contribution < -0.4 is 5.32 Å². The SMILES string of the molecule is CCCCN(CCC(=O)NC1CCCCCC1)S(C)(=O)=O. The number of hydrogen-bond acceptors (Lipinski definition) is 3. The molecule has 0 heterocycles. The van der Waals surface area contributed by atoms with E-state index in [9.17, 15) is 13.2 Å². The van der Waals surface area contributed by atoms with Crippen LogP contribution in [0.1, 0.15) is 64.7 Å². The zero-order chi connectivity index (χ0) is 15.7. The molecule has 0 aromatic heterocycles. The summed E-state index contributed by atoms with van der Waals surface area (Å²) in [6, 6.07) is 0.280. The lowest BCUT2D eigenvalue weighted by molar-refractivity contribution is -0.122. The predicted octanol–water partition coefficient (Wildman–Crippen LogP) is 2.28. The van der Waals surface area contributed by atoms with Gasteiger partial charge in [-0.05, 0) is 19.3 Å². The van der Waals surface area contributed by atoms with Gasteiger partial charge in [0.15, 0.2) is 0 Å². The summed E-state index contributed by atoms with van der Waals surface area (Å²) in [5, 5.41) is 3.06. The minimum atomic E-state index is -3.22. The Morgan fingerprint density at radius 3 is 2.29 bits per heavy atom. The lowest BCUT2D eigenvalue weighted by atomic mass is 10.1. The summed E-state index contributed by atoms with van der Waals surface area (Å²) in [4.78, 5) is 12.0. The van der Waals surface area contributed by atoms with E-state index in [-0.39, 0.29) is 24.9 Å². The molecule has 0 aliphatic heterocycles. The Hall–Kier alpha value is -0.620. The van der Waals surface area contributed by atoms with Gasteiger partial charge in [0.25, 0.3) is 0 Å². The molecule has 0 aromatic rings. The van der Waals surface area contributed by atoms with Gasteiger partial charge in [-0.2, -0.15) is 0 Å². The van der Waals surface area contributed by atoms with Crippen LogP contribution in [0.4, 0.5) is 0 Å². The van der Waals surface area contributed by atoms with Crippen LogP contribution in [0.5, 0.6) is 0 Å². The maximum Gasteiger partial charge on any atom is 0.221 e. The Labute approximate surface area is 129 Å². The fourth-order valence-corrected chi connectivity index (χ4v) is 3.61. The van der Waals surface area contributed by atoms with Crippen LogP contribution >= 0.6 is 0 Å². The zero-order valence-electron chi connectivity index (χ0n) is 13.4. The molecule has 6 heteroatoms. The Bertz CT molecular complexity index is 401. The van der Waals surface area contributed by atoms with E-state index in [1.54, 1.807) is 0 Å². The summed E-state index contributed by atoms with van der Waals surface area (Å²) in [7, 11) is -3.22. The van der Waals surface area contributed by atoms with Gasteiger partial charge >= 0.3 is 0 Å². The van der Waals surface area contributed by atoms with Crippen molar-refractivity contribution in [2.45, 2.75) is 70.8 Å². The molecule has 1 rings (SSSR count). The standard InChI is InChI=1S/C15H30N2O3S/c1-3-4-12-17(21(2,19)20)13-11-15(18)16-14-9-7-5-6-8-10-14/h14H,3-13H2,1-2H3,(H,16,18). The monoisotopic (exact) mass is 318 g/mol. The number of amides is 1. The third kappa shape index (κ3) is 7.81. The number of carbonyl (C=O) groups excluding carboxylic acids is 1. The van der Waals surface area contributed by atoms with Crippen LogP contribution in [0, 0.1) is 0 Å². The fraction of sp³-hybridized carbons (Fsp3) is 0.933. The first-order valence-electron chi connectivity index (χ1n) is 8.18. The first-order valence-corrected chi connectivity index (χ1v) is 10.0. The number of nitrogens with one attached hydrogen (secondary N) is 1. The molecule has 1 aliphatic rings. The Kier molecular flexibility index (Phi) is 8.26. The van der Waals surface area contributed by atoms with Crippen molar-refractivity contribution in [2.24, 2.45) is 0 Å². The van der Waals surface area contributed by atoms with Gasteiger partial charge in [0.1, 0.15) is 0 Å². The van der Waals surface area contributed by atoms with Gasteiger partial charge in [0.05, 0.1) is 6.26 Å². The molecule has 124 valence electrons. The number of hydrogen-bond donors (Lipinski definition) is 1. The third-order valence-corrected chi connectivity index (χ3v) is 5.34. The lowest BCUT2D eigenvalue weighted by Gasteiger charge is -2.21. The van der Waals surface area contributed by atoms with Gasteiger partial charge in [0.2, 0.25) is 15.9 Å².